The van der Waals surface area contributed by atoms with E-state index in [0.717, 1.165) is 5.69 Å². The zero-order chi connectivity index (χ0) is 13.8. The number of nitrogen functional groups attached to an aromatic ring is 1. The van der Waals surface area contributed by atoms with Gasteiger partial charge in [-0.1, -0.05) is 18.2 Å². The molecule has 3 nitrogen and oxygen atoms in total. The number of nitrogens with two attached hydrogens (primary N) is 1. The molecule has 100 valence electrons. The second-order valence-corrected chi connectivity index (χ2v) is 4.34. The van der Waals surface area contributed by atoms with Gasteiger partial charge in [-0.3, -0.25) is 0 Å². The van der Waals surface area contributed by atoms with Gasteiger partial charge in [0.1, 0.15) is 11.6 Å². The molecule has 0 fully saturated rings. The van der Waals surface area contributed by atoms with Crippen molar-refractivity contribution >= 4 is 11.4 Å². The minimum Gasteiger partial charge on any atom is -0.497 e. The predicted molar refractivity (Wildman–Crippen MR) is 75.8 cm³/mol. The van der Waals surface area contributed by atoms with Crippen LogP contribution in [0, 0.1) is 5.82 Å². The lowest BCUT2D eigenvalue weighted by atomic mass is 10.1. The van der Waals surface area contributed by atoms with Crippen molar-refractivity contribution in [3.05, 3.63) is 53.8 Å². The lowest BCUT2D eigenvalue weighted by Gasteiger charge is -2.18. The highest BCUT2D eigenvalue weighted by molar-refractivity contribution is 5.68. The normalized spacial score (nSPS) is 11.9. The van der Waals surface area contributed by atoms with Crippen molar-refractivity contribution < 1.29 is 9.13 Å². The molecule has 3 N–H and O–H groups in total. The minimum atomic E-state index is -0.227. The molecular weight excluding hydrogens is 243 g/mol. The first kappa shape index (κ1) is 13.2. The average molecular weight is 260 g/mol. The van der Waals surface area contributed by atoms with Crippen molar-refractivity contribution in [2.45, 2.75) is 13.0 Å². The Morgan fingerprint density at radius 3 is 2.58 bits per heavy atom. The van der Waals surface area contributed by atoms with Crippen LogP contribution in [-0.2, 0) is 0 Å². The summed E-state index contributed by atoms with van der Waals surface area (Å²) in [4.78, 5) is 0. The lowest BCUT2D eigenvalue weighted by molar-refractivity contribution is 0.415. The number of hydrogen-bond donors (Lipinski definition) is 2. The Hall–Kier alpha value is -2.23. The number of nitrogens with one attached hydrogen (secondary N) is 1. The fourth-order valence-corrected chi connectivity index (χ4v) is 1.94. The van der Waals surface area contributed by atoms with Gasteiger partial charge in [0, 0.05) is 11.6 Å². The first-order valence-electron chi connectivity index (χ1n) is 6.06. The molecule has 4 heteroatoms. The second kappa shape index (κ2) is 5.61. The zero-order valence-corrected chi connectivity index (χ0v) is 11.0. The average Bonchev–Trinajstić information content (AvgIpc) is 2.41. The number of hydrogen-bond acceptors (Lipinski definition) is 3. The highest BCUT2D eigenvalue weighted by Crippen LogP contribution is 2.28. The van der Waals surface area contributed by atoms with E-state index in [0.29, 0.717) is 17.0 Å². The summed E-state index contributed by atoms with van der Waals surface area (Å²) >= 11 is 0. The van der Waals surface area contributed by atoms with Crippen molar-refractivity contribution in [3.63, 3.8) is 0 Å². The quantitative estimate of drug-likeness (QED) is 0.826. The summed E-state index contributed by atoms with van der Waals surface area (Å²) < 4.78 is 18.8. The monoisotopic (exact) mass is 260 g/mol. The van der Waals surface area contributed by atoms with Crippen LogP contribution in [0.15, 0.2) is 42.5 Å². The van der Waals surface area contributed by atoms with Crippen molar-refractivity contribution in [1.29, 1.82) is 0 Å². The van der Waals surface area contributed by atoms with Crippen LogP contribution in [0.25, 0.3) is 0 Å². The van der Waals surface area contributed by atoms with E-state index in [1.165, 1.54) is 6.07 Å². The van der Waals surface area contributed by atoms with Gasteiger partial charge in [-0.2, -0.15) is 0 Å². The molecule has 1 unspecified atom stereocenters. The molecule has 0 bridgehead atoms. The van der Waals surface area contributed by atoms with Gasteiger partial charge in [-0.25, -0.2) is 4.39 Å². The summed E-state index contributed by atoms with van der Waals surface area (Å²) in [6.45, 7) is 1.89. The van der Waals surface area contributed by atoms with Gasteiger partial charge in [0.05, 0.1) is 24.5 Å². The Balaban J connectivity index is 2.19. The molecule has 2 aromatic carbocycles. The molecule has 0 saturated carbocycles. The summed E-state index contributed by atoms with van der Waals surface area (Å²) in [6.07, 6.45) is 0. The predicted octanol–water partition coefficient (Wildman–Crippen LogP) is 3.59. The van der Waals surface area contributed by atoms with Crippen LogP contribution in [0.1, 0.15) is 18.5 Å². The minimum absolute atomic E-state index is 0.170. The van der Waals surface area contributed by atoms with Crippen molar-refractivity contribution in [2.75, 3.05) is 18.2 Å². The highest BCUT2D eigenvalue weighted by Gasteiger charge is 2.11. The van der Waals surface area contributed by atoms with Gasteiger partial charge in [0.25, 0.3) is 0 Å². The summed E-state index contributed by atoms with van der Waals surface area (Å²) in [5, 5.41) is 3.20. The maximum atomic E-state index is 13.7. The van der Waals surface area contributed by atoms with Crippen LogP contribution < -0.4 is 15.8 Å². The Morgan fingerprint density at radius 1 is 1.21 bits per heavy atom. The summed E-state index contributed by atoms with van der Waals surface area (Å²) in [6, 6.07) is 11.9. The maximum absolute atomic E-state index is 13.7. The molecule has 0 spiro atoms. The van der Waals surface area contributed by atoms with E-state index >= 15 is 0 Å². The molecule has 0 aliphatic heterocycles. The molecular formula is C15H17FN2O. The van der Waals surface area contributed by atoms with Gasteiger partial charge in [-0.05, 0) is 25.1 Å². The fourth-order valence-electron chi connectivity index (χ4n) is 1.94. The molecule has 0 saturated heterocycles. The largest absolute Gasteiger partial charge is 0.497 e. The van der Waals surface area contributed by atoms with Crippen LogP contribution in [0.4, 0.5) is 15.8 Å². The first-order chi connectivity index (χ1) is 9.11. The van der Waals surface area contributed by atoms with Crippen LogP contribution in [0.5, 0.6) is 5.75 Å². The molecule has 2 aromatic rings. The first-order valence-corrected chi connectivity index (χ1v) is 6.06. The Morgan fingerprint density at radius 2 is 1.95 bits per heavy atom. The van der Waals surface area contributed by atoms with Gasteiger partial charge in [-0.15, -0.1) is 0 Å². The van der Waals surface area contributed by atoms with E-state index in [9.17, 15) is 4.39 Å². The number of benzene rings is 2. The van der Waals surface area contributed by atoms with E-state index in [1.54, 1.807) is 25.3 Å². The maximum Gasteiger partial charge on any atom is 0.128 e. The molecule has 2 rings (SSSR count). The number of anilines is 2. The number of methoxy groups -OCH3 is 1. The van der Waals surface area contributed by atoms with E-state index < -0.39 is 0 Å². The number of rotatable bonds is 4. The molecule has 0 aliphatic rings. The number of halogens is 1. The van der Waals surface area contributed by atoms with Gasteiger partial charge < -0.3 is 15.8 Å². The molecule has 0 radical (unpaired) electrons. The summed E-state index contributed by atoms with van der Waals surface area (Å²) in [7, 11) is 1.59. The van der Waals surface area contributed by atoms with E-state index in [4.69, 9.17) is 10.5 Å². The third kappa shape index (κ3) is 2.96. The Labute approximate surface area is 112 Å². The van der Waals surface area contributed by atoms with Gasteiger partial charge in [0.2, 0.25) is 0 Å². The lowest BCUT2D eigenvalue weighted by Crippen LogP contribution is -2.10. The summed E-state index contributed by atoms with van der Waals surface area (Å²) in [5.74, 6) is 0.469. The topological polar surface area (TPSA) is 47.3 Å². The second-order valence-electron chi connectivity index (χ2n) is 4.34. The third-order valence-electron chi connectivity index (χ3n) is 3.00. The Bertz CT molecular complexity index is 572. The SMILES string of the molecule is COc1ccc(NC(C)c2ccccc2F)c(N)c1. The van der Waals surface area contributed by atoms with Gasteiger partial charge >= 0.3 is 0 Å². The number of ether oxygens (including phenoxy) is 1. The highest BCUT2D eigenvalue weighted by atomic mass is 19.1. The van der Waals surface area contributed by atoms with Crippen LogP contribution in [0.2, 0.25) is 0 Å². The molecule has 0 aromatic heterocycles. The third-order valence-corrected chi connectivity index (χ3v) is 3.00. The van der Waals surface area contributed by atoms with Crippen molar-refractivity contribution in [2.24, 2.45) is 0 Å². The van der Waals surface area contributed by atoms with Crippen LogP contribution >= 0.6 is 0 Å². The van der Waals surface area contributed by atoms with Gasteiger partial charge in [0.15, 0.2) is 0 Å². The van der Waals surface area contributed by atoms with Crippen molar-refractivity contribution in [1.82, 2.24) is 0 Å². The molecule has 1 atom stereocenters. The van der Waals surface area contributed by atoms with E-state index in [-0.39, 0.29) is 11.9 Å². The fraction of sp³-hybridized carbons (Fsp3) is 0.200. The molecule has 0 aliphatic carbocycles. The smallest absolute Gasteiger partial charge is 0.128 e. The Kier molecular flexibility index (Phi) is 3.90. The molecule has 0 heterocycles. The van der Waals surface area contributed by atoms with E-state index in [2.05, 4.69) is 5.32 Å². The van der Waals surface area contributed by atoms with Crippen molar-refractivity contribution in [3.8, 4) is 5.75 Å². The summed E-state index contributed by atoms with van der Waals surface area (Å²) in [5.41, 5.74) is 7.87. The zero-order valence-electron chi connectivity index (χ0n) is 11.0. The molecule has 19 heavy (non-hydrogen) atoms. The van der Waals surface area contributed by atoms with Crippen LogP contribution in [0.3, 0.4) is 0 Å². The van der Waals surface area contributed by atoms with E-state index in [1.807, 2.05) is 25.1 Å². The molecule has 0 amide bonds. The van der Waals surface area contributed by atoms with Crippen LogP contribution in [-0.4, -0.2) is 7.11 Å². The standard InChI is InChI=1S/C15H17FN2O/c1-10(12-5-3-4-6-13(12)16)18-15-8-7-11(19-2)9-14(15)17/h3-10,18H,17H2,1-2H3.